The van der Waals surface area contributed by atoms with Crippen molar-refractivity contribution in [2.75, 3.05) is 0 Å². The summed E-state index contributed by atoms with van der Waals surface area (Å²) in [6.07, 6.45) is -0.410. The van der Waals surface area contributed by atoms with Crippen LogP contribution in [0.15, 0.2) is 24.3 Å². The Morgan fingerprint density at radius 2 is 1.85 bits per heavy atom. The predicted octanol–water partition coefficient (Wildman–Crippen LogP) is 3.00. The van der Waals surface area contributed by atoms with Gasteiger partial charge in [-0.2, -0.15) is 0 Å². The zero-order chi connectivity index (χ0) is 10.1. The number of hydrogen-bond acceptors (Lipinski definition) is 1. The van der Waals surface area contributed by atoms with Crippen molar-refractivity contribution in [1.82, 2.24) is 0 Å². The number of benzene rings is 1. The number of rotatable bonds is 2. The number of halogens is 1. The molecular formula is C11H15ClO. The topological polar surface area (TPSA) is 20.2 Å². The predicted molar refractivity (Wildman–Crippen MR) is 56.2 cm³/mol. The summed E-state index contributed by atoms with van der Waals surface area (Å²) in [4.78, 5) is 0. The Bertz CT molecular complexity index is 292. The minimum Gasteiger partial charge on any atom is -0.393 e. The molecule has 0 saturated carbocycles. The standard InChI is InChI=1S/C11H15ClO/c1-8(13)11(2,3)9-6-4-5-7-10(9)12/h4-8,13H,1-3H3. The SMILES string of the molecule is CC(O)C(C)(C)c1ccccc1Cl. The molecule has 2 heteroatoms. The van der Waals surface area contributed by atoms with Crippen molar-refractivity contribution in [1.29, 1.82) is 0 Å². The van der Waals surface area contributed by atoms with Crippen LogP contribution < -0.4 is 0 Å². The van der Waals surface area contributed by atoms with E-state index in [2.05, 4.69) is 0 Å². The number of aliphatic hydroxyl groups is 1. The summed E-state index contributed by atoms with van der Waals surface area (Å²) in [6, 6.07) is 7.63. The van der Waals surface area contributed by atoms with Crippen LogP contribution in [0.5, 0.6) is 0 Å². The molecule has 1 rings (SSSR count). The smallest absolute Gasteiger partial charge is 0.0603 e. The van der Waals surface area contributed by atoms with E-state index in [4.69, 9.17) is 11.6 Å². The van der Waals surface area contributed by atoms with Crippen molar-refractivity contribution in [2.24, 2.45) is 0 Å². The molecule has 0 aromatic heterocycles. The van der Waals surface area contributed by atoms with Crippen molar-refractivity contribution in [3.05, 3.63) is 34.9 Å². The van der Waals surface area contributed by atoms with Gasteiger partial charge in [-0.25, -0.2) is 0 Å². The summed E-state index contributed by atoms with van der Waals surface area (Å²) in [7, 11) is 0. The molecule has 0 heterocycles. The fourth-order valence-corrected chi connectivity index (χ4v) is 1.59. The van der Waals surface area contributed by atoms with Crippen molar-refractivity contribution in [3.63, 3.8) is 0 Å². The molecule has 13 heavy (non-hydrogen) atoms. The Balaban J connectivity index is 3.14. The maximum absolute atomic E-state index is 9.60. The van der Waals surface area contributed by atoms with Gasteiger partial charge in [0.1, 0.15) is 0 Å². The summed E-state index contributed by atoms with van der Waals surface area (Å²) in [5.41, 5.74) is 0.699. The summed E-state index contributed by atoms with van der Waals surface area (Å²) < 4.78 is 0. The molecule has 0 fully saturated rings. The second-order valence-corrected chi connectivity index (χ2v) is 4.28. The Morgan fingerprint density at radius 1 is 1.31 bits per heavy atom. The molecule has 0 radical (unpaired) electrons. The zero-order valence-corrected chi connectivity index (χ0v) is 8.97. The third kappa shape index (κ3) is 2.04. The van der Waals surface area contributed by atoms with Crippen LogP contribution in [-0.4, -0.2) is 11.2 Å². The maximum Gasteiger partial charge on any atom is 0.0603 e. The first kappa shape index (κ1) is 10.6. The van der Waals surface area contributed by atoms with Gasteiger partial charge >= 0.3 is 0 Å². The van der Waals surface area contributed by atoms with Crippen molar-refractivity contribution < 1.29 is 5.11 Å². The van der Waals surface area contributed by atoms with Gasteiger partial charge in [-0.15, -0.1) is 0 Å². The van der Waals surface area contributed by atoms with E-state index >= 15 is 0 Å². The lowest BCUT2D eigenvalue weighted by molar-refractivity contribution is 0.118. The third-order valence-corrected chi connectivity index (χ3v) is 2.94. The van der Waals surface area contributed by atoms with E-state index in [-0.39, 0.29) is 5.41 Å². The Labute approximate surface area is 84.4 Å². The molecule has 0 aliphatic heterocycles. The number of hydrogen-bond donors (Lipinski definition) is 1. The largest absolute Gasteiger partial charge is 0.393 e. The highest BCUT2D eigenvalue weighted by molar-refractivity contribution is 6.31. The van der Waals surface area contributed by atoms with Gasteiger partial charge in [-0.05, 0) is 18.6 Å². The minimum atomic E-state index is -0.410. The molecule has 1 atom stereocenters. The molecule has 1 aromatic rings. The van der Waals surface area contributed by atoms with Crippen LogP contribution in [0, 0.1) is 0 Å². The third-order valence-electron chi connectivity index (χ3n) is 2.61. The van der Waals surface area contributed by atoms with Crippen LogP contribution in [0.3, 0.4) is 0 Å². The highest BCUT2D eigenvalue weighted by Gasteiger charge is 2.27. The van der Waals surface area contributed by atoms with Crippen LogP contribution in [-0.2, 0) is 5.41 Å². The van der Waals surface area contributed by atoms with Crippen LogP contribution in [0.4, 0.5) is 0 Å². The molecule has 0 bridgehead atoms. The molecule has 1 aromatic carbocycles. The lowest BCUT2D eigenvalue weighted by atomic mass is 9.80. The fraction of sp³-hybridized carbons (Fsp3) is 0.455. The normalized spacial score (nSPS) is 14.2. The van der Waals surface area contributed by atoms with Crippen LogP contribution in [0.1, 0.15) is 26.3 Å². The molecule has 0 saturated heterocycles. The van der Waals surface area contributed by atoms with Gasteiger partial charge in [0.25, 0.3) is 0 Å². The molecule has 0 amide bonds. The van der Waals surface area contributed by atoms with Crippen LogP contribution in [0.25, 0.3) is 0 Å². The monoisotopic (exact) mass is 198 g/mol. The van der Waals surface area contributed by atoms with Crippen molar-refractivity contribution in [2.45, 2.75) is 32.3 Å². The van der Waals surface area contributed by atoms with Gasteiger partial charge in [0.2, 0.25) is 0 Å². The van der Waals surface area contributed by atoms with Gasteiger partial charge < -0.3 is 5.11 Å². The lowest BCUT2D eigenvalue weighted by Crippen LogP contribution is -2.31. The first-order chi connectivity index (χ1) is 5.96. The molecule has 0 spiro atoms. The molecule has 1 nitrogen and oxygen atoms in total. The molecule has 0 aliphatic carbocycles. The Hall–Kier alpha value is -0.530. The molecule has 72 valence electrons. The second kappa shape index (κ2) is 3.69. The quantitative estimate of drug-likeness (QED) is 0.775. The summed E-state index contributed by atoms with van der Waals surface area (Å²) >= 11 is 6.04. The average molecular weight is 199 g/mol. The number of aliphatic hydroxyl groups excluding tert-OH is 1. The Morgan fingerprint density at radius 3 is 2.31 bits per heavy atom. The molecule has 0 aliphatic rings. The van der Waals surface area contributed by atoms with E-state index in [0.717, 1.165) is 5.56 Å². The van der Waals surface area contributed by atoms with Gasteiger partial charge in [-0.3, -0.25) is 0 Å². The van der Waals surface area contributed by atoms with Gasteiger partial charge in [-0.1, -0.05) is 43.6 Å². The summed E-state index contributed by atoms with van der Waals surface area (Å²) in [5.74, 6) is 0. The lowest BCUT2D eigenvalue weighted by Gasteiger charge is -2.29. The first-order valence-corrected chi connectivity index (χ1v) is 4.77. The molecule has 1 unspecified atom stereocenters. The van der Waals surface area contributed by atoms with Gasteiger partial charge in [0, 0.05) is 10.4 Å². The summed E-state index contributed by atoms with van der Waals surface area (Å²) in [6.45, 7) is 5.75. The highest BCUT2D eigenvalue weighted by Crippen LogP contribution is 2.32. The van der Waals surface area contributed by atoms with Gasteiger partial charge in [0.15, 0.2) is 0 Å². The average Bonchev–Trinajstić information content (AvgIpc) is 2.04. The minimum absolute atomic E-state index is 0.293. The molecule has 1 N–H and O–H groups in total. The molecular weight excluding hydrogens is 184 g/mol. The van der Waals surface area contributed by atoms with E-state index in [1.54, 1.807) is 6.92 Å². The fourth-order valence-electron chi connectivity index (χ4n) is 1.21. The van der Waals surface area contributed by atoms with E-state index < -0.39 is 6.10 Å². The maximum atomic E-state index is 9.60. The second-order valence-electron chi connectivity index (χ2n) is 3.88. The van der Waals surface area contributed by atoms with Crippen LogP contribution in [0.2, 0.25) is 5.02 Å². The van der Waals surface area contributed by atoms with E-state index in [0.29, 0.717) is 5.02 Å². The van der Waals surface area contributed by atoms with E-state index in [9.17, 15) is 5.11 Å². The Kier molecular flexibility index (Phi) is 2.99. The van der Waals surface area contributed by atoms with E-state index in [1.165, 1.54) is 0 Å². The van der Waals surface area contributed by atoms with Crippen LogP contribution >= 0.6 is 11.6 Å². The summed E-state index contributed by atoms with van der Waals surface area (Å²) in [5, 5.41) is 10.3. The first-order valence-electron chi connectivity index (χ1n) is 4.39. The zero-order valence-electron chi connectivity index (χ0n) is 8.21. The highest BCUT2D eigenvalue weighted by atomic mass is 35.5. The van der Waals surface area contributed by atoms with Gasteiger partial charge in [0.05, 0.1) is 6.10 Å². The van der Waals surface area contributed by atoms with E-state index in [1.807, 2.05) is 38.1 Å². The van der Waals surface area contributed by atoms with Crippen molar-refractivity contribution >= 4 is 11.6 Å². The van der Waals surface area contributed by atoms with Crippen molar-refractivity contribution in [3.8, 4) is 0 Å².